The molecule has 0 aliphatic carbocycles. The Morgan fingerprint density at radius 1 is 1.47 bits per heavy atom. The Bertz CT molecular complexity index is 539. The van der Waals surface area contributed by atoms with Crippen LogP contribution in [-0.4, -0.2) is 24.6 Å². The molecule has 5 nitrogen and oxygen atoms in total. The zero-order valence-electron chi connectivity index (χ0n) is 7.76. The highest BCUT2D eigenvalue weighted by Gasteiger charge is 2.69. The Morgan fingerprint density at radius 3 is 2.67 bits per heavy atom. The summed E-state index contributed by atoms with van der Waals surface area (Å²) in [5.74, 6) is 0.200. The maximum Gasteiger partial charge on any atom is 0.225 e. The number of methoxy groups -OCH3 is 1. The summed E-state index contributed by atoms with van der Waals surface area (Å²) in [4.78, 5) is 9.64. The van der Waals surface area contributed by atoms with Gasteiger partial charge in [-0.2, -0.15) is 0 Å². The molecule has 1 saturated heterocycles. The molecule has 0 amide bonds. The van der Waals surface area contributed by atoms with E-state index in [0.29, 0.717) is 10.6 Å². The van der Waals surface area contributed by atoms with E-state index in [2.05, 4.69) is 0 Å². The molecule has 1 N–H and O–H groups in total. The summed E-state index contributed by atoms with van der Waals surface area (Å²) in [7, 11) is -0.848. The summed E-state index contributed by atoms with van der Waals surface area (Å²) in [5.41, 5.74) is 0.847. The van der Waals surface area contributed by atoms with Gasteiger partial charge in [0.05, 0.1) is 10.6 Å². The normalized spacial score (nSPS) is 44.7. The van der Waals surface area contributed by atoms with E-state index in [4.69, 9.17) is 14.5 Å². The second-order valence-corrected chi connectivity index (χ2v) is 6.45. The monoisotopic (exact) mass is 226 g/mol. The lowest BCUT2D eigenvalue weighted by Crippen LogP contribution is -2.45. The van der Waals surface area contributed by atoms with Gasteiger partial charge in [0.2, 0.25) is 6.29 Å². The SMILES string of the molecule is COC1OOC1C1=CC2=C(O)C3=C1P23=O. The van der Waals surface area contributed by atoms with E-state index in [-0.39, 0.29) is 11.9 Å². The average molecular weight is 226 g/mol. The number of hydrogen-bond donors (Lipinski definition) is 1. The molecule has 6 heteroatoms. The number of aliphatic hydroxyl groups excluding tert-OH is 1. The molecule has 4 aliphatic heterocycles. The van der Waals surface area contributed by atoms with Crippen molar-refractivity contribution in [1.29, 1.82) is 0 Å². The zero-order chi connectivity index (χ0) is 10.4. The summed E-state index contributed by atoms with van der Waals surface area (Å²) >= 11 is 0. The van der Waals surface area contributed by atoms with Crippen LogP contribution in [0.2, 0.25) is 0 Å². The first kappa shape index (κ1) is 8.30. The summed E-state index contributed by atoms with van der Waals surface area (Å²) < 4.78 is 17.1. The molecule has 4 aliphatic rings. The average Bonchev–Trinajstić information content (AvgIpc) is 2.64. The molecule has 1 fully saturated rings. The molecule has 0 saturated carbocycles. The minimum absolute atomic E-state index is 0.200. The molecule has 15 heavy (non-hydrogen) atoms. The largest absolute Gasteiger partial charge is 0.506 e. The van der Waals surface area contributed by atoms with Gasteiger partial charge < -0.3 is 14.4 Å². The highest BCUT2D eigenvalue weighted by atomic mass is 31.2. The maximum atomic E-state index is 12.0. The van der Waals surface area contributed by atoms with Crippen LogP contribution in [0.5, 0.6) is 0 Å². The first-order valence-electron chi connectivity index (χ1n) is 4.56. The Hall–Kier alpha value is -0.870. The van der Waals surface area contributed by atoms with Gasteiger partial charge in [-0.25, -0.2) is 9.78 Å². The van der Waals surface area contributed by atoms with E-state index < -0.39 is 13.4 Å². The standard InChI is InChI=1S/C9H7O5P/c1-12-9-6(13-14-9)3-2-4-5(10)8-7(3)15(4,8)11/h2,6,9-10H,1H3. The van der Waals surface area contributed by atoms with E-state index in [0.717, 1.165) is 10.9 Å². The van der Waals surface area contributed by atoms with Crippen LogP contribution >= 0.6 is 7.14 Å². The van der Waals surface area contributed by atoms with E-state index in [1.165, 1.54) is 7.11 Å². The second kappa shape index (κ2) is 2.13. The lowest BCUT2D eigenvalue weighted by molar-refractivity contribution is -0.505. The molecule has 0 spiro atoms. The van der Waals surface area contributed by atoms with Crippen molar-refractivity contribution in [2.24, 2.45) is 0 Å². The van der Waals surface area contributed by atoms with Gasteiger partial charge in [-0.3, -0.25) is 0 Å². The summed E-state index contributed by atoms with van der Waals surface area (Å²) in [6.07, 6.45) is 0.998. The molecular formula is C9H7O5P. The fourth-order valence-corrected chi connectivity index (χ4v) is 5.37. The molecule has 0 aromatic rings. The van der Waals surface area contributed by atoms with E-state index in [1.807, 2.05) is 0 Å². The third-order valence-electron chi connectivity index (χ3n) is 3.22. The van der Waals surface area contributed by atoms with Gasteiger partial charge >= 0.3 is 0 Å². The van der Waals surface area contributed by atoms with Crippen LogP contribution in [0.4, 0.5) is 0 Å². The molecular weight excluding hydrogens is 219 g/mol. The van der Waals surface area contributed by atoms with Crippen LogP contribution in [0.3, 0.4) is 0 Å². The minimum atomic E-state index is -2.37. The van der Waals surface area contributed by atoms with Crippen LogP contribution in [0.1, 0.15) is 0 Å². The second-order valence-electron chi connectivity index (χ2n) is 3.86. The Morgan fingerprint density at radius 2 is 2.27 bits per heavy atom. The predicted molar refractivity (Wildman–Crippen MR) is 49.1 cm³/mol. The van der Waals surface area contributed by atoms with Crippen molar-refractivity contribution >= 4 is 7.14 Å². The smallest absolute Gasteiger partial charge is 0.225 e. The fraction of sp³-hybridized carbons (Fsp3) is 0.333. The lowest BCUT2D eigenvalue weighted by Gasteiger charge is -2.33. The molecule has 0 aromatic heterocycles. The van der Waals surface area contributed by atoms with Crippen LogP contribution in [0, 0.1) is 0 Å². The van der Waals surface area contributed by atoms with Crippen LogP contribution in [-0.2, 0) is 19.1 Å². The zero-order valence-corrected chi connectivity index (χ0v) is 8.65. The third kappa shape index (κ3) is 0.647. The van der Waals surface area contributed by atoms with Crippen LogP contribution in [0.25, 0.3) is 0 Å². The molecule has 0 radical (unpaired) electrons. The minimum Gasteiger partial charge on any atom is -0.506 e. The molecule has 0 bridgehead atoms. The molecule has 0 aromatic carbocycles. The van der Waals surface area contributed by atoms with E-state index in [1.54, 1.807) is 6.08 Å². The van der Waals surface area contributed by atoms with Gasteiger partial charge in [-0.05, 0) is 6.08 Å². The molecule has 3 atom stereocenters. The third-order valence-corrected chi connectivity index (χ3v) is 6.19. The van der Waals surface area contributed by atoms with Gasteiger partial charge in [0.1, 0.15) is 5.76 Å². The fourth-order valence-electron chi connectivity index (χ4n) is 2.38. The van der Waals surface area contributed by atoms with Crippen molar-refractivity contribution < 1.29 is 24.2 Å². The van der Waals surface area contributed by atoms with Gasteiger partial charge in [-0.1, -0.05) is 0 Å². The number of aliphatic hydroxyl groups is 1. The topological polar surface area (TPSA) is 65.0 Å². The van der Waals surface area contributed by atoms with Crippen molar-refractivity contribution in [3.8, 4) is 0 Å². The first-order valence-corrected chi connectivity index (χ1v) is 6.27. The van der Waals surface area contributed by atoms with Crippen molar-refractivity contribution in [3.63, 3.8) is 0 Å². The van der Waals surface area contributed by atoms with Gasteiger partial charge in [-0.15, -0.1) is 0 Å². The van der Waals surface area contributed by atoms with Gasteiger partial charge in [0.15, 0.2) is 13.2 Å². The summed E-state index contributed by atoms with van der Waals surface area (Å²) in [6, 6.07) is 0. The number of rotatable bonds is 2. The highest BCUT2D eigenvalue weighted by molar-refractivity contribution is 7.86. The Kier molecular flexibility index (Phi) is 1.18. The van der Waals surface area contributed by atoms with Crippen LogP contribution < -0.4 is 0 Å². The maximum absolute atomic E-state index is 12.0. The van der Waals surface area contributed by atoms with Gasteiger partial charge in [0, 0.05) is 18.0 Å². The number of allylic oxidation sites excluding steroid dienone is 3. The number of ether oxygens (including phenoxy) is 1. The Balaban J connectivity index is 1.74. The first-order chi connectivity index (χ1) is 7.19. The number of hydrogen-bond acceptors (Lipinski definition) is 5. The van der Waals surface area contributed by atoms with Crippen molar-refractivity contribution in [2.75, 3.05) is 7.11 Å². The molecule has 4 heterocycles. The summed E-state index contributed by atoms with van der Waals surface area (Å²) in [5, 5.41) is 11.4. The van der Waals surface area contributed by atoms with Crippen molar-refractivity contribution in [2.45, 2.75) is 12.4 Å². The molecule has 3 unspecified atom stereocenters. The molecule has 78 valence electrons. The Labute approximate surface area is 84.9 Å². The van der Waals surface area contributed by atoms with E-state index in [9.17, 15) is 9.67 Å². The lowest BCUT2D eigenvalue weighted by atomic mass is 10.0. The van der Waals surface area contributed by atoms with Crippen LogP contribution in [0.15, 0.2) is 33.4 Å². The molecule has 4 rings (SSSR count). The van der Waals surface area contributed by atoms with Crippen molar-refractivity contribution in [1.82, 2.24) is 0 Å². The van der Waals surface area contributed by atoms with Crippen molar-refractivity contribution in [3.05, 3.63) is 33.4 Å². The predicted octanol–water partition coefficient (Wildman–Crippen LogP) is 1.60. The van der Waals surface area contributed by atoms with E-state index >= 15 is 0 Å². The summed E-state index contributed by atoms with van der Waals surface area (Å²) in [6.45, 7) is 0. The highest BCUT2D eigenvalue weighted by Crippen LogP contribution is 2.95. The van der Waals surface area contributed by atoms with Gasteiger partial charge in [0.25, 0.3) is 0 Å². The quantitative estimate of drug-likeness (QED) is 0.572.